The molecule has 3 aromatic rings. The highest BCUT2D eigenvalue weighted by atomic mass is 19.1. The highest BCUT2D eigenvalue weighted by molar-refractivity contribution is 5.83. The van der Waals surface area contributed by atoms with Crippen LogP contribution >= 0.6 is 0 Å². The summed E-state index contributed by atoms with van der Waals surface area (Å²) < 4.78 is 19.3. The van der Waals surface area contributed by atoms with E-state index in [2.05, 4.69) is 15.0 Å². The Kier molecular flexibility index (Phi) is 3.59. The van der Waals surface area contributed by atoms with Gasteiger partial charge in [0.25, 0.3) is 5.56 Å². The summed E-state index contributed by atoms with van der Waals surface area (Å²) in [6.45, 7) is 0. The molecule has 116 valence electrons. The number of nitrogens with zero attached hydrogens (tertiary/aromatic N) is 2. The van der Waals surface area contributed by atoms with E-state index >= 15 is 0 Å². The van der Waals surface area contributed by atoms with Crippen molar-refractivity contribution in [2.24, 2.45) is 0 Å². The van der Waals surface area contributed by atoms with Crippen LogP contribution in [0.25, 0.3) is 11.2 Å². The van der Waals surface area contributed by atoms with Crippen molar-refractivity contribution in [3.63, 3.8) is 0 Å². The Morgan fingerprint density at radius 3 is 2.87 bits per heavy atom. The zero-order valence-electron chi connectivity index (χ0n) is 11.4. The molecule has 0 fully saturated rings. The molecule has 3 N–H and O–H groups in total. The van der Waals surface area contributed by atoms with Gasteiger partial charge in [0.2, 0.25) is 0 Å². The fourth-order valence-corrected chi connectivity index (χ4v) is 1.91. The Morgan fingerprint density at radius 2 is 2.13 bits per heavy atom. The molecule has 8 nitrogen and oxygen atoms in total. The van der Waals surface area contributed by atoms with Crippen molar-refractivity contribution in [3.8, 4) is 11.5 Å². The number of ether oxygens (including phenoxy) is 1. The van der Waals surface area contributed by atoms with Gasteiger partial charge < -0.3 is 14.8 Å². The Morgan fingerprint density at radius 1 is 1.30 bits per heavy atom. The van der Waals surface area contributed by atoms with Crippen LogP contribution in [-0.2, 0) is 0 Å². The highest BCUT2D eigenvalue weighted by Gasteiger charge is 2.10. The standard InChI is InChI=1S/C14H9FN4O4/c15-8-5-7(1-2-9(8)18-14(21)22)23-10-3-4-16-13-12(10)17-6-11(20)19-13/h1-6,18H,(H,21,22)(H,16,19,20). The number of carbonyl (C=O) groups is 1. The van der Waals surface area contributed by atoms with E-state index in [1.165, 1.54) is 24.4 Å². The molecule has 9 heteroatoms. The molecule has 1 amide bonds. The summed E-state index contributed by atoms with van der Waals surface area (Å²) >= 11 is 0. The van der Waals surface area contributed by atoms with Crippen molar-refractivity contribution in [1.29, 1.82) is 0 Å². The summed E-state index contributed by atoms with van der Waals surface area (Å²) in [7, 11) is 0. The lowest BCUT2D eigenvalue weighted by atomic mass is 10.3. The molecular weight excluding hydrogens is 307 g/mol. The molecule has 0 radical (unpaired) electrons. The maximum Gasteiger partial charge on any atom is 0.409 e. The molecule has 0 saturated carbocycles. The molecule has 0 aliphatic carbocycles. The first kappa shape index (κ1) is 14.4. The van der Waals surface area contributed by atoms with Gasteiger partial charge in [-0.25, -0.2) is 19.2 Å². The van der Waals surface area contributed by atoms with E-state index in [9.17, 15) is 14.0 Å². The predicted molar refractivity (Wildman–Crippen MR) is 78.3 cm³/mol. The van der Waals surface area contributed by atoms with Crippen LogP contribution in [0.3, 0.4) is 0 Å². The van der Waals surface area contributed by atoms with Gasteiger partial charge >= 0.3 is 6.09 Å². The molecule has 0 unspecified atom stereocenters. The molecule has 2 heterocycles. The third-order valence-electron chi connectivity index (χ3n) is 2.85. The van der Waals surface area contributed by atoms with E-state index in [0.717, 1.165) is 12.3 Å². The van der Waals surface area contributed by atoms with Crippen molar-refractivity contribution < 1.29 is 19.0 Å². The van der Waals surface area contributed by atoms with Gasteiger partial charge in [0.05, 0.1) is 11.9 Å². The average Bonchev–Trinajstić information content (AvgIpc) is 2.49. The van der Waals surface area contributed by atoms with E-state index < -0.39 is 17.5 Å². The molecule has 2 aromatic heterocycles. The summed E-state index contributed by atoms with van der Waals surface area (Å²) in [5.74, 6) is -0.381. The summed E-state index contributed by atoms with van der Waals surface area (Å²) in [5.41, 5.74) is -0.0518. The van der Waals surface area contributed by atoms with Crippen LogP contribution in [0.5, 0.6) is 11.5 Å². The van der Waals surface area contributed by atoms with Crippen LogP contribution < -0.4 is 15.6 Å². The third kappa shape index (κ3) is 3.07. The summed E-state index contributed by atoms with van der Waals surface area (Å²) in [5, 5.41) is 10.5. The number of halogens is 1. The van der Waals surface area contributed by atoms with Gasteiger partial charge in [-0.05, 0) is 12.1 Å². The molecule has 1 aromatic carbocycles. The maximum absolute atomic E-state index is 13.8. The minimum absolute atomic E-state index is 0.138. The summed E-state index contributed by atoms with van der Waals surface area (Å²) in [4.78, 5) is 32.1. The number of aromatic nitrogens is 3. The summed E-state index contributed by atoms with van der Waals surface area (Å²) in [6, 6.07) is 5.17. The Labute approximate surface area is 127 Å². The molecule has 0 bridgehead atoms. The number of nitrogens with one attached hydrogen (secondary N) is 2. The van der Waals surface area contributed by atoms with Gasteiger partial charge in [0.1, 0.15) is 11.3 Å². The van der Waals surface area contributed by atoms with Crippen LogP contribution in [0.4, 0.5) is 14.9 Å². The van der Waals surface area contributed by atoms with Gasteiger partial charge in [-0.2, -0.15) is 0 Å². The molecule has 0 spiro atoms. The van der Waals surface area contributed by atoms with Gasteiger partial charge in [0.15, 0.2) is 17.2 Å². The quantitative estimate of drug-likeness (QED) is 0.682. The number of pyridine rings is 1. The van der Waals surface area contributed by atoms with Crippen LogP contribution in [0.1, 0.15) is 0 Å². The van der Waals surface area contributed by atoms with Gasteiger partial charge in [-0.1, -0.05) is 0 Å². The van der Waals surface area contributed by atoms with Crippen LogP contribution in [0, 0.1) is 5.82 Å². The highest BCUT2D eigenvalue weighted by Crippen LogP contribution is 2.28. The van der Waals surface area contributed by atoms with Gasteiger partial charge in [-0.15, -0.1) is 0 Å². The van der Waals surface area contributed by atoms with E-state index in [1.54, 1.807) is 0 Å². The molecule has 0 aliphatic heterocycles. The van der Waals surface area contributed by atoms with E-state index in [4.69, 9.17) is 9.84 Å². The molecular formula is C14H9FN4O4. The number of aromatic amines is 1. The molecule has 0 atom stereocenters. The summed E-state index contributed by atoms with van der Waals surface area (Å²) in [6.07, 6.45) is 1.12. The largest absolute Gasteiger partial charge is 0.465 e. The first-order valence-electron chi connectivity index (χ1n) is 6.34. The number of fused-ring (bicyclic) bond motifs is 1. The van der Waals surface area contributed by atoms with Crippen molar-refractivity contribution in [3.05, 3.63) is 52.8 Å². The lowest BCUT2D eigenvalue weighted by molar-refractivity contribution is 0.209. The Bertz CT molecular complexity index is 957. The SMILES string of the molecule is O=C(O)Nc1ccc(Oc2ccnc3[nH]c(=O)cnc23)cc1F. The van der Waals surface area contributed by atoms with Gasteiger partial charge in [0, 0.05) is 18.3 Å². The van der Waals surface area contributed by atoms with E-state index in [0.29, 0.717) is 5.52 Å². The lowest BCUT2D eigenvalue weighted by Crippen LogP contribution is -2.08. The van der Waals surface area contributed by atoms with Crippen molar-refractivity contribution in [2.75, 3.05) is 5.32 Å². The fraction of sp³-hybridized carbons (Fsp3) is 0. The number of rotatable bonds is 3. The first-order chi connectivity index (χ1) is 11.0. The molecule has 0 saturated heterocycles. The number of H-pyrrole nitrogens is 1. The maximum atomic E-state index is 13.8. The first-order valence-corrected chi connectivity index (χ1v) is 6.34. The third-order valence-corrected chi connectivity index (χ3v) is 2.85. The second-order valence-corrected chi connectivity index (χ2v) is 4.43. The predicted octanol–water partition coefficient (Wildman–Crippen LogP) is 2.34. The van der Waals surface area contributed by atoms with Crippen LogP contribution in [-0.4, -0.2) is 26.2 Å². The topological polar surface area (TPSA) is 117 Å². The Balaban J connectivity index is 1.95. The average molecular weight is 316 g/mol. The Hall–Kier alpha value is -3.49. The zero-order chi connectivity index (χ0) is 16.4. The number of carboxylic acid groups (broad SMARTS) is 1. The second kappa shape index (κ2) is 5.72. The van der Waals surface area contributed by atoms with Crippen LogP contribution in [0.15, 0.2) is 41.5 Å². The van der Waals surface area contributed by atoms with Crippen LogP contribution in [0.2, 0.25) is 0 Å². The fourth-order valence-electron chi connectivity index (χ4n) is 1.91. The molecule has 23 heavy (non-hydrogen) atoms. The van der Waals surface area contributed by atoms with Gasteiger partial charge in [-0.3, -0.25) is 10.1 Å². The molecule has 0 aliphatic rings. The number of anilines is 1. The number of hydrogen-bond donors (Lipinski definition) is 3. The number of hydrogen-bond acceptors (Lipinski definition) is 5. The van der Waals surface area contributed by atoms with Crippen molar-refractivity contribution in [1.82, 2.24) is 15.0 Å². The second-order valence-electron chi connectivity index (χ2n) is 4.43. The minimum Gasteiger partial charge on any atom is -0.465 e. The van der Waals surface area contributed by atoms with Crippen molar-refractivity contribution >= 4 is 22.9 Å². The smallest absolute Gasteiger partial charge is 0.409 e. The number of amides is 1. The monoisotopic (exact) mass is 316 g/mol. The normalized spacial score (nSPS) is 10.5. The zero-order valence-corrected chi connectivity index (χ0v) is 11.4. The molecule has 3 rings (SSSR count). The van der Waals surface area contributed by atoms with Crippen molar-refractivity contribution in [2.45, 2.75) is 0 Å². The van der Waals surface area contributed by atoms with E-state index in [1.807, 2.05) is 5.32 Å². The minimum atomic E-state index is -1.37. The van der Waals surface area contributed by atoms with E-state index in [-0.39, 0.29) is 22.8 Å². The number of benzene rings is 1. The lowest BCUT2D eigenvalue weighted by Gasteiger charge is -2.09.